The van der Waals surface area contributed by atoms with Gasteiger partial charge < -0.3 is 15.4 Å². The molecular formula is C13H17FN2O3. The predicted molar refractivity (Wildman–Crippen MR) is 69.0 cm³/mol. The minimum absolute atomic E-state index is 0.119. The zero-order valence-corrected chi connectivity index (χ0v) is 11.1. The SMILES string of the molecule is COC(=O)CN(C(=O)c1ccc(N)cc1F)C(C)C. The monoisotopic (exact) mass is 268 g/mol. The van der Waals surface area contributed by atoms with Gasteiger partial charge in [-0.2, -0.15) is 0 Å². The van der Waals surface area contributed by atoms with Gasteiger partial charge in [0.15, 0.2) is 0 Å². The van der Waals surface area contributed by atoms with Crippen LogP contribution in [0.25, 0.3) is 0 Å². The lowest BCUT2D eigenvalue weighted by Gasteiger charge is -2.25. The van der Waals surface area contributed by atoms with Crippen molar-refractivity contribution in [2.75, 3.05) is 19.4 Å². The highest BCUT2D eigenvalue weighted by Crippen LogP contribution is 2.15. The lowest BCUT2D eigenvalue weighted by Crippen LogP contribution is -2.41. The Morgan fingerprint density at radius 1 is 1.42 bits per heavy atom. The second kappa shape index (κ2) is 6.17. The number of hydrogen-bond donors (Lipinski definition) is 1. The van der Waals surface area contributed by atoms with E-state index in [0.717, 1.165) is 6.07 Å². The van der Waals surface area contributed by atoms with Crippen LogP contribution in [0.3, 0.4) is 0 Å². The zero-order chi connectivity index (χ0) is 14.6. The lowest BCUT2D eigenvalue weighted by atomic mass is 10.1. The van der Waals surface area contributed by atoms with Gasteiger partial charge in [0.05, 0.1) is 12.7 Å². The quantitative estimate of drug-likeness (QED) is 0.662. The summed E-state index contributed by atoms with van der Waals surface area (Å²) in [5.41, 5.74) is 5.54. The molecule has 0 fully saturated rings. The van der Waals surface area contributed by atoms with E-state index in [-0.39, 0.29) is 23.8 Å². The van der Waals surface area contributed by atoms with Crippen LogP contribution in [0.15, 0.2) is 18.2 Å². The van der Waals surface area contributed by atoms with Crippen LogP contribution >= 0.6 is 0 Å². The van der Waals surface area contributed by atoms with Gasteiger partial charge in [-0.3, -0.25) is 9.59 Å². The van der Waals surface area contributed by atoms with Crippen LogP contribution in [0, 0.1) is 5.82 Å². The predicted octanol–water partition coefficient (Wildman–Crippen LogP) is 1.43. The van der Waals surface area contributed by atoms with E-state index in [1.807, 2.05) is 0 Å². The third kappa shape index (κ3) is 3.67. The Hall–Kier alpha value is -2.11. The molecule has 0 atom stereocenters. The van der Waals surface area contributed by atoms with E-state index in [0.29, 0.717) is 0 Å². The highest BCUT2D eigenvalue weighted by Gasteiger charge is 2.24. The first-order chi connectivity index (χ1) is 8.86. The molecule has 0 aliphatic heterocycles. The normalized spacial score (nSPS) is 10.4. The molecule has 0 heterocycles. The molecule has 0 bridgehead atoms. The van der Waals surface area contributed by atoms with Gasteiger partial charge in [-0.25, -0.2) is 4.39 Å². The van der Waals surface area contributed by atoms with Crippen molar-refractivity contribution in [2.45, 2.75) is 19.9 Å². The fourth-order valence-electron chi connectivity index (χ4n) is 1.55. The fourth-order valence-corrected chi connectivity index (χ4v) is 1.55. The van der Waals surface area contributed by atoms with Crippen molar-refractivity contribution in [3.8, 4) is 0 Å². The summed E-state index contributed by atoms with van der Waals surface area (Å²) in [6.45, 7) is 3.24. The average Bonchev–Trinajstić information content (AvgIpc) is 2.34. The summed E-state index contributed by atoms with van der Waals surface area (Å²) in [5, 5.41) is 0. The van der Waals surface area contributed by atoms with Gasteiger partial charge in [-0.05, 0) is 32.0 Å². The molecule has 19 heavy (non-hydrogen) atoms. The number of nitrogens with two attached hydrogens (primary N) is 1. The van der Waals surface area contributed by atoms with E-state index >= 15 is 0 Å². The summed E-state index contributed by atoms with van der Waals surface area (Å²) in [6, 6.07) is 3.56. The summed E-state index contributed by atoms with van der Waals surface area (Å²) < 4.78 is 18.2. The smallest absolute Gasteiger partial charge is 0.325 e. The van der Waals surface area contributed by atoms with Crippen LogP contribution < -0.4 is 5.73 Å². The average molecular weight is 268 g/mol. The molecule has 0 spiro atoms. The molecule has 2 N–H and O–H groups in total. The van der Waals surface area contributed by atoms with Crippen LogP contribution in [0.2, 0.25) is 0 Å². The van der Waals surface area contributed by atoms with Gasteiger partial charge in [0.2, 0.25) is 0 Å². The summed E-state index contributed by atoms with van der Waals surface area (Å²) in [5.74, 6) is -1.84. The Morgan fingerprint density at radius 2 is 2.05 bits per heavy atom. The summed E-state index contributed by atoms with van der Waals surface area (Å²) in [6.07, 6.45) is 0. The first kappa shape index (κ1) is 14.9. The van der Waals surface area contributed by atoms with Crippen molar-refractivity contribution in [3.63, 3.8) is 0 Å². The third-order valence-electron chi connectivity index (χ3n) is 2.63. The minimum Gasteiger partial charge on any atom is -0.468 e. The molecule has 104 valence electrons. The molecule has 6 heteroatoms. The zero-order valence-electron chi connectivity index (χ0n) is 11.1. The number of hydrogen-bond acceptors (Lipinski definition) is 4. The molecule has 0 aromatic heterocycles. The topological polar surface area (TPSA) is 72.6 Å². The molecule has 0 radical (unpaired) electrons. The van der Waals surface area contributed by atoms with Gasteiger partial charge in [0, 0.05) is 11.7 Å². The maximum atomic E-state index is 13.7. The van der Waals surface area contributed by atoms with E-state index in [1.54, 1.807) is 13.8 Å². The van der Waals surface area contributed by atoms with Gasteiger partial charge >= 0.3 is 5.97 Å². The minimum atomic E-state index is -0.708. The molecule has 0 unspecified atom stereocenters. The molecular weight excluding hydrogens is 251 g/mol. The number of rotatable bonds is 4. The highest BCUT2D eigenvalue weighted by atomic mass is 19.1. The van der Waals surface area contributed by atoms with Gasteiger partial charge in [-0.1, -0.05) is 0 Å². The number of halogens is 1. The molecule has 1 aromatic carbocycles. The second-order valence-electron chi connectivity index (χ2n) is 4.34. The Morgan fingerprint density at radius 3 is 2.53 bits per heavy atom. The molecule has 0 saturated carbocycles. The van der Waals surface area contributed by atoms with E-state index in [1.165, 1.54) is 24.1 Å². The lowest BCUT2D eigenvalue weighted by molar-refractivity contribution is -0.141. The van der Waals surface area contributed by atoms with Crippen LogP contribution in [-0.2, 0) is 9.53 Å². The molecule has 1 aromatic rings. The van der Waals surface area contributed by atoms with Crippen molar-refractivity contribution in [2.24, 2.45) is 0 Å². The number of nitrogen functional groups attached to an aromatic ring is 1. The van der Waals surface area contributed by atoms with Crippen LogP contribution in [0.1, 0.15) is 24.2 Å². The third-order valence-corrected chi connectivity index (χ3v) is 2.63. The number of methoxy groups -OCH3 is 1. The molecule has 1 amide bonds. The Bertz CT molecular complexity index is 489. The van der Waals surface area contributed by atoms with Crippen molar-refractivity contribution in [1.29, 1.82) is 0 Å². The molecule has 5 nitrogen and oxygen atoms in total. The summed E-state index contributed by atoms with van der Waals surface area (Å²) in [4.78, 5) is 24.7. The van der Waals surface area contributed by atoms with E-state index in [4.69, 9.17) is 5.73 Å². The highest BCUT2D eigenvalue weighted by molar-refractivity contribution is 5.96. The van der Waals surface area contributed by atoms with Gasteiger partial charge in [0.1, 0.15) is 12.4 Å². The number of carbonyl (C=O) groups excluding carboxylic acids is 2. The molecule has 0 aliphatic carbocycles. The van der Waals surface area contributed by atoms with Crippen LogP contribution in [0.4, 0.5) is 10.1 Å². The number of benzene rings is 1. The number of anilines is 1. The number of ether oxygens (including phenoxy) is 1. The van der Waals surface area contributed by atoms with Gasteiger partial charge in [0.25, 0.3) is 5.91 Å². The van der Waals surface area contributed by atoms with E-state index in [2.05, 4.69) is 4.74 Å². The van der Waals surface area contributed by atoms with Gasteiger partial charge in [-0.15, -0.1) is 0 Å². The van der Waals surface area contributed by atoms with E-state index in [9.17, 15) is 14.0 Å². The number of amides is 1. The Balaban J connectivity index is 3.02. The van der Waals surface area contributed by atoms with Crippen LogP contribution in [0.5, 0.6) is 0 Å². The first-order valence-electron chi connectivity index (χ1n) is 5.79. The van der Waals surface area contributed by atoms with Crippen molar-refractivity contribution in [3.05, 3.63) is 29.6 Å². The standard InChI is InChI=1S/C13H17FN2O3/c1-8(2)16(7-12(17)19-3)13(18)10-5-4-9(15)6-11(10)14/h4-6,8H,7,15H2,1-3H3. The first-order valence-corrected chi connectivity index (χ1v) is 5.79. The van der Waals surface area contributed by atoms with Crippen LogP contribution in [-0.4, -0.2) is 36.5 Å². The number of esters is 1. The maximum absolute atomic E-state index is 13.7. The number of carbonyl (C=O) groups is 2. The largest absolute Gasteiger partial charge is 0.468 e. The molecule has 1 rings (SSSR count). The Kier molecular flexibility index (Phi) is 4.86. The number of nitrogens with zero attached hydrogens (tertiary/aromatic N) is 1. The van der Waals surface area contributed by atoms with Crippen molar-refractivity contribution in [1.82, 2.24) is 4.90 Å². The van der Waals surface area contributed by atoms with E-state index < -0.39 is 17.7 Å². The van der Waals surface area contributed by atoms with Crippen molar-refractivity contribution < 1.29 is 18.7 Å². The summed E-state index contributed by atoms with van der Waals surface area (Å²) >= 11 is 0. The second-order valence-corrected chi connectivity index (χ2v) is 4.34. The molecule has 0 saturated heterocycles. The maximum Gasteiger partial charge on any atom is 0.325 e. The Labute approximate surface area is 111 Å². The van der Waals surface area contributed by atoms with Crippen molar-refractivity contribution >= 4 is 17.6 Å². The summed E-state index contributed by atoms with van der Waals surface area (Å²) in [7, 11) is 1.23. The molecule has 0 aliphatic rings. The fraction of sp³-hybridized carbons (Fsp3) is 0.385.